The molecule has 0 atom stereocenters. The standard InChI is InChI=1S/C19H15BrF5NO2S/c20-12-1-3-17(15(22)9-12)29-16-4-2-13(21)10-14(16)11-5-7-26(8-6-11)28-18(27)19(23,24)25/h1-4,9-11H,5-8H2. The summed E-state index contributed by atoms with van der Waals surface area (Å²) in [7, 11) is 0. The molecule has 0 N–H and O–H groups in total. The van der Waals surface area contributed by atoms with E-state index in [9.17, 15) is 26.7 Å². The monoisotopic (exact) mass is 495 g/mol. The Morgan fingerprint density at radius 2 is 1.72 bits per heavy atom. The fourth-order valence-electron chi connectivity index (χ4n) is 3.03. The largest absolute Gasteiger partial charge is 0.492 e. The summed E-state index contributed by atoms with van der Waals surface area (Å²) in [6.45, 7) is 0.166. The van der Waals surface area contributed by atoms with Crippen LogP contribution in [-0.4, -0.2) is 30.3 Å². The molecule has 1 saturated heterocycles. The molecule has 1 aliphatic heterocycles. The van der Waals surface area contributed by atoms with Crippen LogP contribution < -0.4 is 0 Å². The molecule has 0 spiro atoms. The smallest absolute Gasteiger partial charge is 0.361 e. The number of nitrogens with zero attached hydrogens (tertiary/aromatic N) is 1. The van der Waals surface area contributed by atoms with Crippen LogP contribution >= 0.6 is 27.7 Å². The number of rotatable bonds is 4. The van der Waals surface area contributed by atoms with Gasteiger partial charge in [-0.25, -0.2) is 13.6 Å². The highest BCUT2D eigenvalue weighted by atomic mass is 79.9. The van der Waals surface area contributed by atoms with Gasteiger partial charge in [-0.1, -0.05) is 27.7 Å². The van der Waals surface area contributed by atoms with Gasteiger partial charge in [-0.2, -0.15) is 13.2 Å². The summed E-state index contributed by atoms with van der Waals surface area (Å²) in [4.78, 5) is 16.4. The molecule has 0 aromatic heterocycles. The number of carbonyl (C=O) groups is 1. The maximum atomic E-state index is 14.2. The normalized spacial score (nSPS) is 16.1. The first-order valence-corrected chi connectivity index (χ1v) is 10.2. The minimum Gasteiger partial charge on any atom is -0.361 e. The highest BCUT2D eigenvalue weighted by Crippen LogP contribution is 2.39. The average molecular weight is 496 g/mol. The van der Waals surface area contributed by atoms with Crippen LogP contribution in [0.15, 0.2) is 50.7 Å². The maximum Gasteiger partial charge on any atom is 0.492 e. The summed E-state index contributed by atoms with van der Waals surface area (Å²) in [5, 5.41) is 0.965. The van der Waals surface area contributed by atoms with Crippen molar-refractivity contribution in [1.82, 2.24) is 5.06 Å². The second-order valence-corrected chi connectivity index (χ2v) is 8.44. The predicted octanol–water partition coefficient (Wildman–Crippen LogP) is 6.08. The molecular formula is C19H15BrF5NO2S. The molecule has 0 radical (unpaired) electrons. The van der Waals surface area contributed by atoms with Crippen molar-refractivity contribution in [1.29, 1.82) is 0 Å². The van der Waals surface area contributed by atoms with Gasteiger partial charge in [0, 0.05) is 27.4 Å². The summed E-state index contributed by atoms with van der Waals surface area (Å²) >= 11 is 4.35. The second-order valence-electron chi connectivity index (χ2n) is 6.44. The lowest BCUT2D eigenvalue weighted by Crippen LogP contribution is -2.39. The van der Waals surface area contributed by atoms with Crippen molar-refractivity contribution in [2.75, 3.05) is 13.1 Å². The zero-order valence-corrected chi connectivity index (χ0v) is 17.2. The fourth-order valence-corrected chi connectivity index (χ4v) is 4.38. The van der Waals surface area contributed by atoms with Gasteiger partial charge in [-0.05, 0) is 60.7 Å². The van der Waals surface area contributed by atoms with Gasteiger partial charge in [0.1, 0.15) is 11.6 Å². The van der Waals surface area contributed by atoms with Crippen LogP contribution in [0, 0.1) is 11.6 Å². The number of benzene rings is 2. The fraction of sp³-hybridized carbons (Fsp3) is 0.316. The van der Waals surface area contributed by atoms with E-state index < -0.39 is 23.8 Å². The van der Waals surface area contributed by atoms with E-state index in [4.69, 9.17) is 0 Å². The lowest BCUT2D eigenvalue weighted by atomic mass is 9.90. The van der Waals surface area contributed by atoms with Crippen molar-refractivity contribution < 1.29 is 31.6 Å². The molecule has 1 heterocycles. The van der Waals surface area contributed by atoms with Gasteiger partial charge in [0.05, 0.1) is 0 Å². The molecule has 156 valence electrons. The highest BCUT2D eigenvalue weighted by molar-refractivity contribution is 9.10. The average Bonchev–Trinajstić information content (AvgIpc) is 2.65. The molecule has 29 heavy (non-hydrogen) atoms. The molecule has 0 amide bonds. The van der Waals surface area contributed by atoms with Crippen molar-refractivity contribution in [3.8, 4) is 0 Å². The van der Waals surface area contributed by atoms with E-state index >= 15 is 0 Å². The first-order chi connectivity index (χ1) is 13.6. The van der Waals surface area contributed by atoms with Gasteiger partial charge < -0.3 is 4.84 Å². The molecule has 10 heteroatoms. The quantitative estimate of drug-likeness (QED) is 0.481. The summed E-state index contributed by atoms with van der Waals surface area (Å²) in [6.07, 6.45) is -4.33. The Kier molecular flexibility index (Phi) is 6.85. The van der Waals surface area contributed by atoms with E-state index in [0.29, 0.717) is 32.7 Å². The Bertz CT molecular complexity index is 901. The molecule has 2 aromatic carbocycles. The van der Waals surface area contributed by atoms with E-state index in [-0.39, 0.29) is 19.0 Å². The Labute approximate surface area is 176 Å². The van der Waals surface area contributed by atoms with Crippen LogP contribution in [0.1, 0.15) is 24.3 Å². The number of alkyl halides is 3. The number of carbonyl (C=O) groups excluding carboxylic acids is 1. The van der Waals surface area contributed by atoms with Crippen LogP contribution in [0.3, 0.4) is 0 Å². The Morgan fingerprint density at radius 1 is 1.07 bits per heavy atom. The third kappa shape index (κ3) is 5.70. The molecule has 0 aliphatic carbocycles. The lowest BCUT2D eigenvalue weighted by Gasteiger charge is -2.31. The van der Waals surface area contributed by atoms with Crippen molar-refractivity contribution in [2.24, 2.45) is 0 Å². The molecule has 1 aliphatic rings. The maximum absolute atomic E-state index is 14.2. The zero-order valence-electron chi connectivity index (χ0n) is 14.8. The number of piperidine rings is 1. The van der Waals surface area contributed by atoms with Crippen LogP contribution in [0.25, 0.3) is 0 Å². The summed E-state index contributed by atoms with van der Waals surface area (Å²) in [5.74, 6) is -3.30. The van der Waals surface area contributed by atoms with Gasteiger partial charge in [-0.3, -0.25) is 0 Å². The van der Waals surface area contributed by atoms with Crippen LogP contribution in [-0.2, 0) is 9.63 Å². The number of hydrogen-bond acceptors (Lipinski definition) is 4. The van der Waals surface area contributed by atoms with Gasteiger partial charge >= 0.3 is 12.1 Å². The topological polar surface area (TPSA) is 29.5 Å². The van der Waals surface area contributed by atoms with Crippen molar-refractivity contribution in [2.45, 2.75) is 34.7 Å². The lowest BCUT2D eigenvalue weighted by molar-refractivity contribution is -0.241. The Morgan fingerprint density at radius 3 is 2.34 bits per heavy atom. The van der Waals surface area contributed by atoms with Crippen LogP contribution in [0.2, 0.25) is 0 Å². The first kappa shape index (κ1) is 22.0. The van der Waals surface area contributed by atoms with E-state index in [1.807, 2.05) is 0 Å². The summed E-state index contributed by atoms with van der Waals surface area (Å²) in [5.41, 5.74) is 0.652. The Balaban J connectivity index is 1.73. The predicted molar refractivity (Wildman–Crippen MR) is 100 cm³/mol. The van der Waals surface area contributed by atoms with E-state index in [0.717, 1.165) is 16.8 Å². The van der Waals surface area contributed by atoms with Crippen LogP contribution in [0.5, 0.6) is 0 Å². The van der Waals surface area contributed by atoms with Crippen molar-refractivity contribution in [3.05, 3.63) is 58.1 Å². The SMILES string of the molecule is O=C(ON1CCC(c2cc(F)ccc2Sc2ccc(Br)cc2F)CC1)C(F)(F)F. The molecular weight excluding hydrogens is 481 g/mol. The van der Waals surface area contributed by atoms with Gasteiger partial charge in [0.15, 0.2) is 0 Å². The molecule has 3 rings (SSSR count). The molecule has 0 bridgehead atoms. The van der Waals surface area contributed by atoms with Crippen LogP contribution in [0.4, 0.5) is 22.0 Å². The minimum absolute atomic E-state index is 0.0831. The first-order valence-electron chi connectivity index (χ1n) is 8.60. The number of hydrogen-bond donors (Lipinski definition) is 0. The van der Waals surface area contributed by atoms with E-state index in [1.54, 1.807) is 18.2 Å². The second kappa shape index (κ2) is 9.01. The molecule has 0 saturated carbocycles. The molecule has 1 fully saturated rings. The van der Waals surface area contributed by atoms with E-state index in [2.05, 4.69) is 20.8 Å². The van der Waals surface area contributed by atoms with Crippen molar-refractivity contribution >= 4 is 33.7 Å². The third-order valence-electron chi connectivity index (χ3n) is 4.42. The van der Waals surface area contributed by atoms with E-state index in [1.165, 1.54) is 18.2 Å². The van der Waals surface area contributed by atoms with Gasteiger partial charge in [-0.15, -0.1) is 5.06 Å². The minimum atomic E-state index is -5.06. The van der Waals surface area contributed by atoms with Gasteiger partial charge in [0.25, 0.3) is 0 Å². The summed E-state index contributed by atoms with van der Waals surface area (Å²) in [6, 6.07) is 8.84. The Hall–Kier alpha value is -1.65. The highest BCUT2D eigenvalue weighted by Gasteiger charge is 2.43. The number of hydroxylamine groups is 2. The van der Waals surface area contributed by atoms with Gasteiger partial charge in [0.2, 0.25) is 0 Å². The van der Waals surface area contributed by atoms with Crippen molar-refractivity contribution in [3.63, 3.8) is 0 Å². The zero-order chi connectivity index (χ0) is 21.2. The molecule has 3 nitrogen and oxygen atoms in total. The number of halogens is 6. The third-order valence-corrected chi connectivity index (χ3v) is 6.06. The molecule has 2 aromatic rings. The molecule has 0 unspecified atom stereocenters. The summed E-state index contributed by atoms with van der Waals surface area (Å²) < 4.78 is 65.6.